The van der Waals surface area contributed by atoms with Crippen LogP contribution in [0.2, 0.25) is 0 Å². The van der Waals surface area contributed by atoms with E-state index in [0.29, 0.717) is 48.5 Å². The monoisotopic (exact) mass is 409 g/mol. The second kappa shape index (κ2) is 8.06. The molecule has 3 amide bonds. The van der Waals surface area contributed by atoms with E-state index in [4.69, 9.17) is 9.47 Å². The Labute approximate surface area is 174 Å². The van der Waals surface area contributed by atoms with Crippen molar-refractivity contribution in [1.82, 2.24) is 10.2 Å². The summed E-state index contributed by atoms with van der Waals surface area (Å²) in [6, 6.07) is 13.5. The predicted molar refractivity (Wildman–Crippen MR) is 109 cm³/mol. The van der Waals surface area contributed by atoms with E-state index in [9.17, 15) is 14.4 Å². The lowest BCUT2D eigenvalue weighted by Crippen LogP contribution is -2.61. The molecule has 1 fully saturated rings. The first-order valence-corrected chi connectivity index (χ1v) is 9.93. The summed E-state index contributed by atoms with van der Waals surface area (Å²) in [5.74, 6) is -0.0283. The largest absolute Gasteiger partial charge is 0.467 e. The molecule has 2 aromatic carbocycles. The number of piperidine rings is 1. The van der Waals surface area contributed by atoms with Crippen molar-refractivity contribution in [3.05, 3.63) is 59.7 Å². The average Bonchev–Trinajstić information content (AvgIpc) is 2.74. The molecule has 2 aliphatic rings. The number of likely N-dealkylation sites (tertiary alicyclic amines) is 1. The topological polar surface area (TPSA) is 97.0 Å². The summed E-state index contributed by atoms with van der Waals surface area (Å²) in [6.07, 6.45) is 0.951. The molecular formula is C22H23N3O5. The first kappa shape index (κ1) is 19.8. The zero-order chi connectivity index (χ0) is 21.1. The Morgan fingerprint density at radius 1 is 1.17 bits per heavy atom. The lowest BCUT2D eigenvalue weighted by molar-refractivity contribution is -0.0203. The van der Waals surface area contributed by atoms with Crippen LogP contribution in [0.1, 0.15) is 40.5 Å². The number of benzene rings is 2. The predicted octanol–water partition coefficient (Wildman–Crippen LogP) is 3.01. The van der Waals surface area contributed by atoms with Crippen LogP contribution in [0.5, 0.6) is 5.75 Å². The molecule has 0 radical (unpaired) electrons. The van der Waals surface area contributed by atoms with Crippen molar-refractivity contribution in [3.8, 4) is 5.75 Å². The van der Waals surface area contributed by atoms with Crippen molar-refractivity contribution in [2.45, 2.75) is 25.5 Å². The summed E-state index contributed by atoms with van der Waals surface area (Å²) >= 11 is 0. The molecule has 8 heteroatoms. The van der Waals surface area contributed by atoms with Gasteiger partial charge in [0.05, 0.1) is 17.7 Å². The minimum atomic E-state index is -0.800. The molecule has 4 rings (SSSR count). The molecule has 2 heterocycles. The molecule has 2 aliphatic heterocycles. The number of fused-ring (bicyclic) bond motifs is 1. The van der Waals surface area contributed by atoms with E-state index in [-0.39, 0.29) is 18.5 Å². The van der Waals surface area contributed by atoms with E-state index in [1.54, 1.807) is 54.3 Å². The molecule has 0 saturated carbocycles. The van der Waals surface area contributed by atoms with Crippen LogP contribution in [0, 0.1) is 0 Å². The number of urea groups is 1. The highest BCUT2D eigenvalue weighted by molar-refractivity contribution is 5.98. The molecule has 2 aromatic rings. The van der Waals surface area contributed by atoms with Gasteiger partial charge in [0, 0.05) is 31.6 Å². The molecule has 0 aromatic heterocycles. The number of esters is 1. The quantitative estimate of drug-likeness (QED) is 0.760. The van der Waals surface area contributed by atoms with E-state index < -0.39 is 11.7 Å². The smallest absolute Gasteiger partial charge is 0.338 e. The second-order valence-corrected chi connectivity index (χ2v) is 7.27. The third-order valence-corrected chi connectivity index (χ3v) is 5.26. The summed E-state index contributed by atoms with van der Waals surface area (Å²) < 4.78 is 11.1. The molecule has 0 bridgehead atoms. The Kier molecular flexibility index (Phi) is 5.31. The summed E-state index contributed by atoms with van der Waals surface area (Å²) in [6.45, 7) is 2.87. The van der Waals surface area contributed by atoms with Crippen molar-refractivity contribution in [1.29, 1.82) is 0 Å². The molecular weight excluding hydrogens is 386 g/mol. The number of hydrogen-bond donors (Lipinski definition) is 2. The Balaban J connectivity index is 1.38. The van der Waals surface area contributed by atoms with Gasteiger partial charge < -0.3 is 25.0 Å². The lowest BCUT2D eigenvalue weighted by Gasteiger charge is -2.44. The minimum Gasteiger partial charge on any atom is -0.467 e. The van der Waals surface area contributed by atoms with Crippen LogP contribution >= 0.6 is 0 Å². The van der Waals surface area contributed by atoms with Gasteiger partial charge in [-0.2, -0.15) is 0 Å². The van der Waals surface area contributed by atoms with Crippen LogP contribution in [0.15, 0.2) is 48.5 Å². The number of carbonyl (C=O) groups excluding carboxylic acids is 3. The van der Waals surface area contributed by atoms with Gasteiger partial charge in [-0.05, 0) is 37.3 Å². The number of nitrogens with one attached hydrogen (secondary N) is 2. The third kappa shape index (κ3) is 3.94. The summed E-state index contributed by atoms with van der Waals surface area (Å²) in [4.78, 5) is 38.6. The first-order chi connectivity index (χ1) is 14.5. The van der Waals surface area contributed by atoms with Gasteiger partial charge in [0.15, 0.2) is 5.72 Å². The van der Waals surface area contributed by atoms with Crippen LogP contribution in [0.25, 0.3) is 0 Å². The van der Waals surface area contributed by atoms with Gasteiger partial charge in [-0.1, -0.05) is 18.2 Å². The number of amides is 3. The molecule has 156 valence electrons. The fraction of sp³-hybridized carbons (Fsp3) is 0.318. The van der Waals surface area contributed by atoms with Crippen molar-refractivity contribution < 1.29 is 23.9 Å². The molecule has 30 heavy (non-hydrogen) atoms. The SMILES string of the molecule is CCOC(=O)c1cccc(NC(=O)N2CCC3(CC2)NC(=O)c2ccccc2O3)c1. The number of anilines is 1. The highest BCUT2D eigenvalue weighted by atomic mass is 16.5. The normalized spacial score (nSPS) is 16.8. The van der Waals surface area contributed by atoms with Crippen LogP contribution in [-0.4, -0.2) is 48.2 Å². The van der Waals surface area contributed by atoms with Crippen LogP contribution in [0.3, 0.4) is 0 Å². The van der Waals surface area contributed by atoms with Crippen molar-refractivity contribution in [2.75, 3.05) is 25.0 Å². The third-order valence-electron chi connectivity index (χ3n) is 5.26. The van der Waals surface area contributed by atoms with Crippen LogP contribution in [0.4, 0.5) is 10.5 Å². The van der Waals surface area contributed by atoms with Gasteiger partial charge in [0.1, 0.15) is 5.75 Å². The summed E-state index contributed by atoms with van der Waals surface area (Å²) in [5.41, 5.74) is 0.613. The Morgan fingerprint density at radius 2 is 1.93 bits per heavy atom. The van der Waals surface area contributed by atoms with E-state index in [1.807, 2.05) is 6.07 Å². The molecule has 2 N–H and O–H groups in total. The Hall–Kier alpha value is -3.55. The van der Waals surface area contributed by atoms with E-state index in [1.165, 1.54) is 0 Å². The number of rotatable bonds is 3. The number of hydrogen-bond acceptors (Lipinski definition) is 5. The highest BCUT2D eigenvalue weighted by Gasteiger charge is 2.43. The van der Waals surface area contributed by atoms with Gasteiger partial charge in [-0.25, -0.2) is 9.59 Å². The molecule has 1 saturated heterocycles. The zero-order valence-corrected chi connectivity index (χ0v) is 16.6. The maximum atomic E-state index is 12.7. The maximum absolute atomic E-state index is 12.7. The first-order valence-electron chi connectivity index (χ1n) is 9.93. The molecule has 8 nitrogen and oxygen atoms in total. The van der Waals surface area contributed by atoms with E-state index in [2.05, 4.69) is 10.6 Å². The van der Waals surface area contributed by atoms with Crippen LogP contribution in [-0.2, 0) is 4.74 Å². The zero-order valence-electron chi connectivity index (χ0n) is 16.6. The number of ether oxygens (including phenoxy) is 2. The van der Waals surface area contributed by atoms with Crippen LogP contribution < -0.4 is 15.4 Å². The fourth-order valence-electron chi connectivity index (χ4n) is 3.69. The average molecular weight is 409 g/mol. The summed E-state index contributed by atoms with van der Waals surface area (Å²) in [5, 5.41) is 5.77. The number of carbonyl (C=O) groups is 3. The molecule has 0 aliphatic carbocycles. The number of nitrogens with zero attached hydrogens (tertiary/aromatic N) is 1. The minimum absolute atomic E-state index is 0.162. The van der Waals surface area contributed by atoms with E-state index in [0.717, 1.165) is 0 Å². The van der Waals surface area contributed by atoms with Gasteiger partial charge in [0.25, 0.3) is 5.91 Å². The van der Waals surface area contributed by atoms with Gasteiger partial charge >= 0.3 is 12.0 Å². The lowest BCUT2D eigenvalue weighted by atomic mass is 9.97. The van der Waals surface area contributed by atoms with Crippen molar-refractivity contribution >= 4 is 23.6 Å². The molecule has 0 atom stereocenters. The Morgan fingerprint density at radius 3 is 2.70 bits per heavy atom. The standard InChI is InChI=1S/C22H23N3O5/c1-2-29-20(27)15-6-5-7-16(14-15)23-21(28)25-12-10-22(11-13-25)24-19(26)17-8-3-4-9-18(17)30-22/h3-9,14H,2,10-13H2,1H3,(H,23,28)(H,24,26). The van der Waals surface area contributed by atoms with Gasteiger partial charge in [-0.3, -0.25) is 4.79 Å². The van der Waals surface area contributed by atoms with E-state index >= 15 is 0 Å². The number of para-hydroxylation sites is 1. The van der Waals surface area contributed by atoms with Crippen molar-refractivity contribution in [2.24, 2.45) is 0 Å². The molecule has 0 unspecified atom stereocenters. The van der Waals surface area contributed by atoms with Gasteiger partial charge in [0.2, 0.25) is 0 Å². The van der Waals surface area contributed by atoms with Gasteiger partial charge in [-0.15, -0.1) is 0 Å². The molecule has 1 spiro atoms. The fourth-order valence-corrected chi connectivity index (χ4v) is 3.69. The highest BCUT2D eigenvalue weighted by Crippen LogP contribution is 2.33. The maximum Gasteiger partial charge on any atom is 0.338 e. The second-order valence-electron chi connectivity index (χ2n) is 7.27. The summed E-state index contributed by atoms with van der Waals surface area (Å²) in [7, 11) is 0. The Bertz CT molecular complexity index is 982. The van der Waals surface area contributed by atoms with Crippen molar-refractivity contribution in [3.63, 3.8) is 0 Å².